The highest BCUT2D eigenvalue weighted by Crippen LogP contribution is 1.95. The third kappa shape index (κ3) is 3.97. The van der Waals surface area contributed by atoms with Crippen LogP contribution in [0.2, 0.25) is 0 Å². The van der Waals surface area contributed by atoms with Gasteiger partial charge in [-0.05, 0) is 6.42 Å². The number of hydroxylamine groups is 2. The van der Waals surface area contributed by atoms with Crippen molar-refractivity contribution in [2.75, 3.05) is 7.05 Å². The van der Waals surface area contributed by atoms with E-state index in [4.69, 9.17) is 5.21 Å². The van der Waals surface area contributed by atoms with Crippen LogP contribution in [0.1, 0.15) is 26.2 Å². The highest BCUT2D eigenvalue weighted by molar-refractivity contribution is 5.74. The zero-order chi connectivity index (χ0) is 7.28. The van der Waals surface area contributed by atoms with Crippen molar-refractivity contribution in [1.82, 2.24) is 5.06 Å². The van der Waals surface area contributed by atoms with Crippen molar-refractivity contribution in [3.05, 3.63) is 0 Å². The van der Waals surface area contributed by atoms with Crippen LogP contribution in [-0.2, 0) is 4.79 Å². The van der Waals surface area contributed by atoms with Crippen LogP contribution in [0.15, 0.2) is 0 Å². The van der Waals surface area contributed by atoms with E-state index in [2.05, 4.69) is 0 Å². The molecule has 9 heavy (non-hydrogen) atoms. The number of carbonyl (C=O) groups excluding carboxylic acids is 1. The summed E-state index contributed by atoms with van der Waals surface area (Å²) < 4.78 is 0. The van der Waals surface area contributed by atoms with Gasteiger partial charge in [0.2, 0.25) is 0 Å². The molecule has 3 nitrogen and oxygen atoms in total. The minimum absolute atomic E-state index is 0.100. The van der Waals surface area contributed by atoms with Crippen molar-refractivity contribution < 1.29 is 10.0 Å². The molecule has 0 rings (SSSR count). The molecule has 0 radical (unpaired) electrons. The molecule has 0 aliphatic carbocycles. The minimum Gasteiger partial charge on any atom is -0.308 e. The van der Waals surface area contributed by atoms with Crippen LogP contribution in [-0.4, -0.2) is 23.2 Å². The maximum atomic E-state index is 10.6. The molecular formula is C6H14NO2+. The Labute approximate surface area is 55.2 Å². The Morgan fingerprint density at radius 1 is 1.67 bits per heavy atom. The third-order valence-corrected chi connectivity index (χ3v) is 1.12. The van der Waals surface area contributed by atoms with E-state index in [9.17, 15) is 4.79 Å². The third-order valence-electron chi connectivity index (χ3n) is 1.12. The average molecular weight is 132 g/mol. The van der Waals surface area contributed by atoms with Crippen molar-refractivity contribution in [3.8, 4) is 0 Å². The van der Waals surface area contributed by atoms with Crippen LogP contribution in [0.3, 0.4) is 0 Å². The Morgan fingerprint density at radius 3 is 2.56 bits per heavy atom. The molecule has 1 amide bonds. The van der Waals surface area contributed by atoms with Crippen molar-refractivity contribution in [2.45, 2.75) is 26.2 Å². The van der Waals surface area contributed by atoms with Gasteiger partial charge in [0.15, 0.2) is 0 Å². The standard InChI is InChI=1S/C6H13NO2/c1-3-4-5-6(8)7(2)9/h9H,3-5H2,1-2H3/p+1. The van der Waals surface area contributed by atoms with Crippen molar-refractivity contribution in [2.24, 2.45) is 0 Å². The predicted octanol–water partition coefficient (Wildman–Crippen LogP) is 0.275. The quantitative estimate of drug-likeness (QED) is 0.401. The summed E-state index contributed by atoms with van der Waals surface area (Å²) in [5, 5.41) is 7.73. The van der Waals surface area contributed by atoms with Crippen LogP contribution in [0.4, 0.5) is 0 Å². The van der Waals surface area contributed by atoms with Gasteiger partial charge in [-0.3, -0.25) is 4.79 Å². The molecule has 54 valence electrons. The van der Waals surface area contributed by atoms with E-state index in [1.165, 1.54) is 7.05 Å². The highest BCUT2D eigenvalue weighted by Gasteiger charge is 2.06. The maximum absolute atomic E-state index is 10.6. The van der Waals surface area contributed by atoms with Gasteiger partial charge in [0.25, 0.3) is 5.91 Å². The number of rotatable bonds is 3. The fraction of sp³-hybridized carbons (Fsp3) is 0.833. The van der Waals surface area contributed by atoms with E-state index in [0.717, 1.165) is 17.9 Å². The molecule has 0 aromatic rings. The second kappa shape index (κ2) is 4.32. The molecular weight excluding hydrogens is 118 g/mol. The monoisotopic (exact) mass is 132 g/mol. The van der Waals surface area contributed by atoms with Gasteiger partial charge in [-0.2, -0.15) is 0 Å². The summed E-state index contributed by atoms with van der Waals surface area (Å²) in [5.41, 5.74) is 0. The first kappa shape index (κ1) is 8.43. The first-order chi connectivity index (χ1) is 4.18. The van der Waals surface area contributed by atoms with Gasteiger partial charge >= 0.3 is 0 Å². The topological polar surface area (TPSA) is 43.2 Å². The van der Waals surface area contributed by atoms with Gasteiger partial charge in [-0.25, -0.2) is 0 Å². The van der Waals surface area contributed by atoms with Crippen molar-refractivity contribution >= 4 is 5.91 Å². The molecule has 0 aliphatic rings. The first-order valence-electron chi connectivity index (χ1n) is 3.16. The second-order valence-electron chi connectivity index (χ2n) is 2.06. The number of hydrogen-bond acceptors (Lipinski definition) is 1. The minimum atomic E-state index is -0.100. The summed E-state index contributed by atoms with van der Waals surface area (Å²) in [6.45, 7) is 2.03. The molecule has 0 bridgehead atoms. The van der Waals surface area contributed by atoms with Crippen LogP contribution in [0.25, 0.3) is 0 Å². The number of carbonyl (C=O) groups is 1. The Morgan fingerprint density at radius 2 is 2.22 bits per heavy atom. The van der Waals surface area contributed by atoms with Crippen LogP contribution >= 0.6 is 0 Å². The van der Waals surface area contributed by atoms with Gasteiger partial charge in [-0.1, -0.05) is 13.3 Å². The zero-order valence-electron chi connectivity index (χ0n) is 5.98. The number of amides is 1. The van der Waals surface area contributed by atoms with Gasteiger partial charge < -0.3 is 5.21 Å². The maximum Gasteiger partial charge on any atom is 0.286 e. The lowest BCUT2D eigenvalue weighted by molar-refractivity contribution is -0.159. The SMILES string of the molecule is CCCCC(=O)N(C)[OH2+]. The van der Waals surface area contributed by atoms with Gasteiger partial charge in [-0.15, -0.1) is 5.06 Å². The van der Waals surface area contributed by atoms with Gasteiger partial charge in [0.1, 0.15) is 0 Å². The Bertz CT molecular complexity index is 91.1. The van der Waals surface area contributed by atoms with Gasteiger partial charge in [0.05, 0.1) is 7.05 Å². The van der Waals surface area contributed by atoms with E-state index in [1.54, 1.807) is 0 Å². The van der Waals surface area contributed by atoms with E-state index in [1.807, 2.05) is 6.92 Å². The predicted molar refractivity (Wildman–Crippen MR) is 35.9 cm³/mol. The summed E-state index contributed by atoms with van der Waals surface area (Å²) in [7, 11) is 1.46. The van der Waals surface area contributed by atoms with Crippen molar-refractivity contribution in [1.29, 1.82) is 0 Å². The van der Waals surface area contributed by atoms with Crippen LogP contribution in [0.5, 0.6) is 0 Å². The molecule has 0 atom stereocenters. The molecule has 0 aromatic carbocycles. The van der Waals surface area contributed by atoms with E-state index in [0.29, 0.717) is 6.42 Å². The number of nitrogens with zero attached hydrogens (tertiary/aromatic N) is 1. The fourth-order valence-corrected chi connectivity index (χ4v) is 0.496. The summed E-state index contributed by atoms with van der Waals surface area (Å²) in [5.74, 6) is -0.100. The average Bonchev–Trinajstić information content (AvgIpc) is 1.82. The Hall–Kier alpha value is -0.570. The molecule has 0 aliphatic heterocycles. The molecule has 0 heterocycles. The number of unbranched alkanes of at least 4 members (excludes halogenated alkanes) is 1. The molecule has 0 saturated carbocycles. The smallest absolute Gasteiger partial charge is 0.286 e. The van der Waals surface area contributed by atoms with E-state index >= 15 is 0 Å². The van der Waals surface area contributed by atoms with E-state index in [-0.39, 0.29) is 5.91 Å². The van der Waals surface area contributed by atoms with Crippen LogP contribution < -0.4 is 0 Å². The molecule has 3 heteroatoms. The lowest BCUT2D eigenvalue weighted by Gasteiger charge is -2.01. The van der Waals surface area contributed by atoms with Crippen molar-refractivity contribution in [3.63, 3.8) is 0 Å². The Balaban J connectivity index is 3.28. The number of hydrogen-bond donors (Lipinski definition) is 0. The van der Waals surface area contributed by atoms with Gasteiger partial charge in [0, 0.05) is 6.42 Å². The lowest BCUT2D eigenvalue weighted by Crippen LogP contribution is -2.21. The normalized spacial score (nSPS) is 9.22. The second-order valence-corrected chi connectivity index (χ2v) is 2.06. The molecule has 0 fully saturated rings. The summed E-state index contributed by atoms with van der Waals surface area (Å²) >= 11 is 0. The molecule has 0 spiro atoms. The zero-order valence-corrected chi connectivity index (χ0v) is 5.98. The summed E-state index contributed by atoms with van der Waals surface area (Å²) in [4.78, 5) is 10.6. The largest absolute Gasteiger partial charge is 0.308 e. The van der Waals surface area contributed by atoms with E-state index < -0.39 is 0 Å². The Kier molecular flexibility index (Phi) is 4.05. The fourth-order valence-electron chi connectivity index (χ4n) is 0.496. The highest BCUT2D eigenvalue weighted by atomic mass is 16.5. The summed E-state index contributed by atoms with van der Waals surface area (Å²) in [6, 6.07) is 0. The molecule has 0 saturated heterocycles. The lowest BCUT2D eigenvalue weighted by atomic mass is 10.2. The first-order valence-corrected chi connectivity index (χ1v) is 3.16. The van der Waals surface area contributed by atoms with Crippen LogP contribution in [0, 0.1) is 0 Å². The summed E-state index contributed by atoms with van der Waals surface area (Å²) in [6.07, 6.45) is 2.41. The molecule has 0 aromatic heterocycles. The molecule has 2 N–H and O–H groups in total. The molecule has 0 unspecified atom stereocenters.